The second-order valence-electron chi connectivity index (χ2n) is 3.56. The Balaban J connectivity index is 3.23. The summed E-state index contributed by atoms with van der Waals surface area (Å²) in [6.07, 6.45) is 3.80. The van der Waals surface area contributed by atoms with E-state index in [4.69, 9.17) is 0 Å². The average molecular weight is 203 g/mol. The molecule has 0 fully saturated rings. The van der Waals surface area contributed by atoms with E-state index in [0.29, 0.717) is 0 Å². The van der Waals surface area contributed by atoms with Gasteiger partial charge >= 0.3 is 0 Å². The highest BCUT2D eigenvalue weighted by molar-refractivity contribution is 7.99. The summed E-state index contributed by atoms with van der Waals surface area (Å²) in [7, 11) is 0. The number of rotatable bonds is 8. The zero-order valence-corrected chi connectivity index (χ0v) is 10.4. The Morgan fingerprint density at radius 1 is 1.08 bits per heavy atom. The van der Waals surface area contributed by atoms with Crippen LogP contribution < -0.4 is 5.32 Å². The van der Waals surface area contributed by atoms with Gasteiger partial charge in [-0.2, -0.15) is 11.8 Å². The van der Waals surface area contributed by atoms with Gasteiger partial charge in [0.15, 0.2) is 0 Å². The van der Waals surface area contributed by atoms with E-state index in [9.17, 15) is 0 Å². The molecular formula is C11H25NS. The predicted octanol–water partition coefficient (Wildman–Crippen LogP) is 3.30. The maximum absolute atomic E-state index is 3.58. The minimum atomic E-state index is 0.734. The van der Waals surface area contributed by atoms with E-state index in [1.165, 1.54) is 31.6 Å². The van der Waals surface area contributed by atoms with Gasteiger partial charge in [0.2, 0.25) is 0 Å². The van der Waals surface area contributed by atoms with Gasteiger partial charge in [0.05, 0.1) is 0 Å². The van der Waals surface area contributed by atoms with E-state index in [1.54, 1.807) is 0 Å². The lowest BCUT2D eigenvalue weighted by atomic mass is 10.2. The molecule has 0 saturated heterocycles. The largest absolute Gasteiger partial charge is 0.313 e. The molecule has 0 aliphatic carbocycles. The fraction of sp³-hybridized carbons (Fsp3) is 1.00. The molecule has 0 bridgehead atoms. The van der Waals surface area contributed by atoms with Crippen molar-refractivity contribution in [3.63, 3.8) is 0 Å². The van der Waals surface area contributed by atoms with Crippen LogP contribution in [0.1, 0.15) is 47.0 Å². The quantitative estimate of drug-likeness (QED) is 0.608. The van der Waals surface area contributed by atoms with Crippen molar-refractivity contribution in [2.45, 2.75) is 58.2 Å². The molecule has 1 atom stereocenters. The van der Waals surface area contributed by atoms with Crippen molar-refractivity contribution in [1.29, 1.82) is 0 Å². The first-order valence-corrected chi connectivity index (χ1v) is 6.64. The molecule has 0 aromatic carbocycles. The molecule has 0 radical (unpaired) electrons. The minimum absolute atomic E-state index is 0.734. The molecule has 0 saturated carbocycles. The Labute approximate surface area is 88.1 Å². The molecule has 0 aliphatic rings. The lowest BCUT2D eigenvalue weighted by molar-refractivity contribution is 0.501. The monoisotopic (exact) mass is 203 g/mol. The molecule has 0 rings (SSSR count). The van der Waals surface area contributed by atoms with Crippen LogP contribution in [-0.4, -0.2) is 23.6 Å². The fourth-order valence-corrected chi connectivity index (χ4v) is 2.09. The van der Waals surface area contributed by atoms with E-state index in [-0.39, 0.29) is 0 Å². The van der Waals surface area contributed by atoms with Gasteiger partial charge in [-0.25, -0.2) is 0 Å². The van der Waals surface area contributed by atoms with E-state index in [0.717, 1.165) is 11.3 Å². The molecular weight excluding hydrogens is 178 g/mol. The number of hydrogen-bond acceptors (Lipinski definition) is 2. The third-order valence-corrected chi connectivity index (χ3v) is 3.84. The maximum atomic E-state index is 3.58. The van der Waals surface area contributed by atoms with Crippen LogP contribution in [0.2, 0.25) is 0 Å². The molecule has 0 aromatic rings. The second-order valence-corrected chi connectivity index (χ2v) is 5.10. The predicted molar refractivity (Wildman–Crippen MR) is 64.6 cm³/mol. The summed E-state index contributed by atoms with van der Waals surface area (Å²) in [5.74, 6) is 1.26. The number of hydrogen-bond donors (Lipinski definition) is 1. The van der Waals surface area contributed by atoms with E-state index < -0.39 is 0 Å². The smallest absolute Gasteiger partial charge is 0.00621 e. The first kappa shape index (κ1) is 13.3. The van der Waals surface area contributed by atoms with Crippen molar-refractivity contribution in [2.24, 2.45) is 0 Å². The van der Waals surface area contributed by atoms with Gasteiger partial charge in [-0.1, -0.05) is 27.7 Å². The molecule has 1 nitrogen and oxygen atoms in total. The molecule has 2 heteroatoms. The van der Waals surface area contributed by atoms with Gasteiger partial charge in [-0.05, 0) is 19.3 Å². The highest BCUT2D eigenvalue weighted by atomic mass is 32.2. The Hall–Kier alpha value is 0.310. The highest BCUT2D eigenvalue weighted by Gasteiger charge is 2.02. The van der Waals surface area contributed by atoms with E-state index >= 15 is 0 Å². The zero-order chi connectivity index (χ0) is 10.1. The van der Waals surface area contributed by atoms with E-state index in [1.807, 2.05) is 0 Å². The van der Waals surface area contributed by atoms with Gasteiger partial charge in [0.1, 0.15) is 0 Å². The van der Waals surface area contributed by atoms with Crippen LogP contribution >= 0.6 is 11.8 Å². The van der Waals surface area contributed by atoms with Crippen molar-refractivity contribution < 1.29 is 0 Å². The molecule has 0 spiro atoms. The van der Waals surface area contributed by atoms with E-state index in [2.05, 4.69) is 44.8 Å². The molecule has 0 aromatic heterocycles. The normalized spacial score (nSPS) is 13.6. The Kier molecular flexibility index (Phi) is 9.10. The fourth-order valence-electron chi connectivity index (χ4n) is 1.22. The van der Waals surface area contributed by atoms with Crippen LogP contribution in [0.25, 0.3) is 0 Å². The number of thioether (sulfide) groups is 1. The molecule has 1 N–H and O–H groups in total. The molecule has 80 valence electrons. The van der Waals surface area contributed by atoms with Crippen LogP contribution in [0, 0.1) is 0 Å². The molecule has 0 amide bonds. The summed E-state index contributed by atoms with van der Waals surface area (Å²) >= 11 is 2.08. The molecule has 0 aliphatic heterocycles. The summed E-state index contributed by atoms with van der Waals surface area (Å²) in [5.41, 5.74) is 0. The third-order valence-electron chi connectivity index (χ3n) is 2.50. The maximum Gasteiger partial charge on any atom is 0.00621 e. The minimum Gasteiger partial charge on any atom is -0.313 e. The summed E-state index contributed by atoms with van der Waals surface area (Å²) in [6, 6.07) is 0.734. The molecule has 1 unspecified atom stereocenters. The van der Waals surface area contributed by atoms with Crippen molar-refractivity contribution in [3.8, 4) is 0 Å². The summed E-state index contributed by atoms with van der Waals surface area (Å²) < 4.78 is 0. The van der Waals surface area contributed by atoms with Crippen LogP contribution in [-0.2, 0) is 0 Å². The first-order chi connectivity index (χ1) is 6.24. The third kappa shape index (κ3) is 7.39. The Morgan fingerprint density at radius 2 is 1.69 bits per heavy atom. The summed E-state index contributed by atoms with van der Waals surface area (Å²) in [4.78, 5) is 0. The molecule has 13 heavy (non-hydrogen) atoms. The van der Waals surface area contributed by atoms with Crippen LogP contribution in [0.4, 0.5) is 0 Å². The first-order valence-electron chi connectivity index (χ1n) is 5.59. The lowest BCUT2D eigenvalue weighted by Gasteiger charge is -2.15. The topological polar surface area (TPSA) is 12.0 Å². The van der Waals surface area contributed by atoms with Crippen molar-refractivity contribution in [2.75, 3.05) is 12.3 Å². The molecule has 0 heterocycles. The van der Waals surface area contributed by atoms with Crippen molar-refractivity contribution in [3.05, 3.63) is 0 Å². The second kappa shape index (κ2) is 8.89. The van der Waals surface area contributed by atoms with Crippen molar-refractivity contribution >= 4 is 11.8 Å². The lowest BCUT2D eigenvalue weighted by Crippen LogP contribution is -2.29. The van der Waals surface area contributed by atoms with Crippen molar-refractivity contribution in [1.82, 2.24) is 5.32 Å². The standard InChI is InChI=1S/C11H25NS/c1-5-10(4)13-9-8-12-11(6-2)7-3/h10-12H,5-9H2,1-4H3. The van der Waals surface area contributed by atoms with Gasteiger partial charge < -0.3 is 5.32 Å². The highest BCUT2D eigenvalue weighted by Crippen LogP contribution is 2.12. The van der Waals surface area contributed by atoms with Crippen LogP contribution in [0.15, 0.2) is 0 Å². The van der Waals surface area contributed by atoms with Crippen LogP contribution in [0.3, 0.4) is 0 Å². The Bertz CT molecular complexity index is 102. The zero-order valence-electron chi connectivity index (χ0n) is 9.60. The SMILES string of the molecule is CCC(CC)NCCSC(C)CC. The number of nitrogens with one attached hydrogen (secondary N) is 1. The van der Waals surface area contributed by atoms with Crippen LogP contribution in [0.5, 0.6) is 0 Å². The average Bonchev–Trinajstić information content (AvgIpc) is 2.18. The van der Waals surface area contributed by atoms with Gasteiger partial charge in [-0.3, -0.25) is 0 Å². The van der Waals surface area contributed by atoms with Gasteiger partial charge in [-0.15, -0.1) is 0 Å². The van der Waals surface area contributed by atoms with Gasteiger partial charge in [0, 0.05) is 23.6 Å². The summed E-state index contributed by atoms with van der Waals surface area (Å²) in [6.45, 7) is 10.2. The Morgan fingerprint density at radius 3 is 2.15 bits per heavy atom. The summed E-state index contributed by atoms with van der Waals surface area (Å²) in [5, 5.41) is 4.40. The van der Waals surface area contributed by atoms with Gasteiger partial charge in [0.25, 0.3) is 0 Å².